The molecule has 0 bridgehead atoms. The summed E-state index contributed by atoms with van der Waals surface area (Å²) in [5, 5.41) is 4.01. The molecule has 0 amide bonds. The molecule has 1 fully saturated rings. The molecule has 1 aromatic rings. The van der Waals surface area contributed by atoms with Crippen molar-refractivity contribution in [2.75, 3.05) is 6.54 Å². The third-order valence-corrected chi connectivity index (χ3v) is 5.53. The molecule has 0 radical (unpaired) electrons. The Morgan fingerprint density at radius 2 is 1.95 bits per heavy atom. The molecule has 1 aliphatic rings. The number of piperidine rings is 1. The van der Waals surface area contributed by atoms with Gasteiger partial charge in [-0.1, -0.05) is 29.3 Å². The van der Waals surface area contributed by atoms with Gasteiger partial charge in [0.05, 0.1) is 5.75 Å². The lowest BCUT2D eigenvalue weighted by Gasteiger charge is -2.30. The van der Waals surface area contributed by atoms with E-state index in [0.717, 1.165) is 19.4 Å². The fourth-order valence-electron chi connectivity index (χ4n) is 2.34. The number of hydrogen-bond donors (Lipinski definition) is 2. The van der Waals surface area contributed by atoms with E-state index < -0.39 is 10.0 Å². The molecular weight excluding hydrogens is 355 g/mol. The molecular formula is C13H19Cl3N2O2S. The summed E-state index contributed by atoms with van der Waals surface area (Å²) < 4.78 is 27.3. The van der Waals surface area contributed by atoms with Crippen molar-refractivity contribution < 1.29 is 8.42 Å². The molecule has 0 aliphatic carbocycles. The largest absolute Gasteiger partial charge is 0.313 e. The number of nitrogens with one attached hydrogen (secondary N) is 2. The summed E-state index contributed by atoms with van der Waals surface area (Å²) in [6.45, 7) is 2.91. The SMILES string of the molecule is CC1NCCCC1NS(=O)(=O)Cc1c(Cl)cccc1Cl.Cl. The zero-order chi connectivity index (χ0) is 14.8. The highest BCUT2D eigenvalue weighted by Crippen LogP contribution is 2.26. The fraction of sp³-hybridized carbons (Fsp3) is 0.538. The minimum atomic E-state index is -3.47. The molecule has 4 nitrogen and oxygen atoms in total. The van der Waals surface area contributed by atoms with Gasteiger partial charge in [-0.3, -0.25) is 0 Å². The van der Waals surface area contributed by atoms with Crippen LogP contribution in [0.5, 0.6) is 0 Å². The minimum Gasteiger partial charge on any atom is -0.313 e. The number of hydrogen-bond acceptors (Lipinski definition) is 3. The third kappa shape index (κ3) is 5.27. The Hall–Kier alpha value is -0.0400. The van der Waals surface area contributed by atoms with Crippen molar-refractivity contribution in [2.45, 2.75) is 37.6 Å². The molecule has 0 aromatic heterocycles. The summed E-state index contributed by atoms with van der Waals surface area (Å²) in [5.74, 6) is -0.200. The third-order valence-electron chi connectivity index (χ3n) is 3.49. The van der Waals surface area contributed by atoms with Crippen molar-refractivity contribution >= 4 is 45.6 Å². The van der Waals surface area contributed by atoms with Gasteiger partial charge in [0.2, 0.25) is 10.0 Å². The molecule has 21 heavy (non-hydrogen) atoms. The summed E-state index contributed by atoms with van der Waals surface area (Å²) in [5.41, 5.74) is 0.444. The van der Waals surface area contributed by atoms with Crippen LogP contribution >= 0.6 is 35.6 Å². The molecule has 0 spiro atoms. The molecule has 2 atom stereocenters. The van der Waals surface area contributed by atoms with Gasteiger partial charge in [0.1, 0.15) is 0 Å². The van der Waals surface area contributed by atoms with Crippen molar-refractivity contribution in [2.24, 2.45) is 0 Å². The van der Waals surface area contributed by atoms with E-state index in [1.807, 2.05) is 6.92 Å². The Balaban J connectivity index is 0.00000220. The van der Waals surface area contributed by atoms with Gasteiger partial charge >= 0.3 is 0 Å². The van der Waals surface area contributed by atoms with Gasteiger partial charge in [-0.25, -0.2) is 13.1 Å². The second-order valence-corrected chi connectivity index (χ2v) is 7.64. The lowest BCUT2D eigenvalue weighted by molar-refractivity contribution is 0.348. The lowest BCUT2D eigenvalue weighted by atomic mass is 10.0. The van der Waals surface area contributed by atoms with Gasteiger partial charge in [-0.15, -0.1) is 12.4 Å². The summed E-state index contributed by atoms with van der Waals surface area (Å²) in [4.78, 5) is 0. The lowest BCUT2D eigenvalue weighted by Crippen LogP contribution is -2.52. The standard InChI is InChI=1S/C13H18Cl2N2O2S.ClH/c1-9-13(6-3-7-16-9)17-20(18,19)8-10-11(14)4-2-5-12(10)15;/h2,4-5,9,13,16-17H,3,6-8H2,1H3;1H. The van der Waals surface area contributed by atoms with Crippen LogP contribution in [0.1, 0.15) is 25.3 Å². The van der Waals surface area contributed by atoms with Crippen LogP contribution < -0.4 is 10.0 Å². The average molecular weight is 374 g/mol. The molecule has 2 N–H and O–H groups in total. The summed E-state index contributed by atoms with van der Waals surface area (Å²) in [7, 11) is -3.47. The maximum atomic E-state index is 12.3. The van der Waals surface area contributed by atoms with Crippen LogP contribution in [0.25, 0.3) is 0 Å². The van der Waals surface area contributed by atoms with E-state index in [4.69, 9.17) is 23.2 Å². The highest BCUT2D eigenvalue weighted by atomic mass is 35.5. The van der Waals surface area contributed by atoms with E-state index in [2.05, 4.69) is 10.0 Å². The summed E-state index contributed by atoms with van der Waals surface area (Å²) >= 11 is 12.0. The van der Waals surface area contributed by atoms with E-state index in [1.165, 1.54) is 0 Å². The number of benzene rings is 1. The minimum absolute atomic E-state index is 0. The van der Waals surface area contributed by atoms with Crippen molar-refractivity contribution in [3.05, 3.63) is 33.8 Å². The first kappa shape index (κ1) is 19.0. The summed E-state index contributed by atoms with van der Waals surface area (Å²) in [6, 6.07) is 5.02. The predicted molar refractivity (Wildman–Crippen MR) is 90.0 cm³/mol. The van der Waals surface area contributed by atoms with Gasteiger partial charge in [0, 0.05) is 27.7 Å². The molecule has 8 heteroatoms. The van der Waals surface area contributed by atoms with Crippen molar-refractivity contribution in [1.82, 2.24) is 10.0 Å². The van der Waals surface area contributed by atoms with Crippen molar-refractivity contribution in [3.63, 3.8) is 0 Å². The Morgan fingerprint density at radius 1 is 1.33 bits per heavy atom. The number of rotatable bonds is 4. The Labute approximate surface area is 142 Å². The number of sulfonamides is 1. The quantitative estimate of drug-likeness (QED) is 0.853. The van der Waals surface area contributed by atoms with Crippen molar-refractivity contribution in [3.8, 4) is 0 Å². The van der Waals surface area contributed by atoms with Gasteiger partial charge in [0.25, 0.3) is 0 Å². The zero-order valence-corrected chi connectivity index (χ0v) is 14.7. The molecule has 1 heterocycles. The topological polar surface area (TPSA) is 58.2 Å². The van der Waals surface area contributed by atoms with Crippen LogP contribution in [-0.2, 0) is 15.8 Å². The van der Waals surface area contributed by atoms with E-state index in [0.29, 0.717) is 15.6 Å². The molecule has 2 rings (SSSR count). The van der Waals surface area contributed by atoms with Gasteiger partial charge in [0.15, 0.2) is 0 Å². The van der Waals surface area contributed by atoms with Gasteiger partial charge in [-0.2, -0.15) is 0 Å². The highest BCUT2D eigenvalue weighted by molar-refractivity contribution is 7.88. The summed E-state index contributed by atoms with van der Waals surface area (Å²) in [6.07, 6.45) is 1.80. The molecule has 1 saturated heterocycles. The van der Waals surface area contributed by atoms with Crippen LogP contribution in [0.15, 0.2) is 18.2 Å². The zero-order valence-electron chi connectivity index (χ0n) is 11.6. The van der Waals surface area contributed by atoms with Gasteiger partial charge < -0.3 is 5.32 Å². The van der Waals surface area contributed by atoms with Crippen LogP contribution in [0.4, 0.5) is 0 Å². The second kappa shape index (κ2) is 7.99. The van der Waals surface area contributed by atoms with E-state index >= 15 is 0 Å². The first-order chi connectivity index (χ1) is 9.39. The predicted octanol–water partition coefficient (Wildman–Crippen LogP) is 2.98. The second-order valence-electron chi connectivity index (χ2n) is 5.07. The molecule has 0 saturated carbocycles. The smallest absolute Gasteiger partial charge is 0.216 e. The van der Waals surface area contributed by atoms with E-state index in [9.17, 15) is 8.42 Å². The monoisotopic (exact) mass is 372 g/mol. The maximum Gasteiger partial charge on any atom is 0.216 e. The molecule has 2 unspecified atom stereocenters. The Bertz CT molecular complexity index is 561. The fourth-order valence-corrected chi connectivity index (χ4v) is 4.58. The van der Waals surface area contributed by atoms with E-state index in [1.54, 1.807) is 18.2 Å². The van der Waals surface area contributed by atoms with Crippen LogP contribution in [0.2, 0.25) is 10.0 Å². The Morgan fingerprint density at radius 3 is 2.52 bits per heavy atom. The Kier molecular flexibility index (Phi) is 7.24. The highest BCUT2D eigenvalue weighted by Gasteiger charge is 2.26. The van der Waals surface area contributed by atoms with Crippen molar-refractivity contribution in [1.29, 1.82) is 0 Å². The first-order valence-electron chi connectivity index (χ1n) is 6.55. The first-order valence-corrected chi connectivity index (χ1v) is 8.96. The van der Waals surface area contributed by atoms with E-state index in [-0.39, 0.29) is 30.2 Å². The van der Waals surface area contributed by atoms with Gasteiger partial charge in [-0.05, 0) is 38.4 Å². The van der Waals surface area contributed by atoms with Crippen LogP contribution in [-0.4, -0.2) is 27.0 Å². The molecule has 1 aromatic carbocycles. The average Bonchev–Trinajstić information content (AvgIpc) is 2.37. The number of halogens is 3. The maximum absolute atomic E-state index is 12.3. The molecule has 120 valence electrons. The van der Waals surface area contributed by atoms with Crippen LogP contribution in [0.3, 0.4) is 0 Å². The molecule has 1 aliphatic heterocycles. The van der Waals surface area contributed by atoms with Crippen LogP contribution in [0, 0.1) is 0 Å². The normalized spacial score (nSPS) is 22.6.